The predicted molar refractivity (Wildman–Crippen MR) is 75.3 cm³/mol. The summed E-state index contributed by atoms with van der Waals surface area (Å²) in [6.45, 7) is 4.54. The van der Waals surface area contributed by atoms with Crippen molar-refractivity contribution in [2.75, 3.05) is 0 Å². The van der Waals surface area contributed by atoms with Crippen LogP contribution >= 0.6 is 11.6 Å². The molecule has 2 N–H and O–H groups in total. The monoisotopic (exact) mass is 261 g/mol. The van der Waals surface area contributed by atoms with Crippen molar-refractivity contribution < 1.29 is 4.74 Å². The number of benzene rings is 2. The van der Waals surface area contributed by atoms with Gasteiger partial charge in [0.2, 0.25) is 0 Å². The topological polar surface area (TPSA) is 35.2 Å². The molecule has 0 aliphatic carbocycles. The Labute approximate surface area is 112 Å². The third-order valence-corrected chi connectivity index (χ3v) is 3.38. The minimum atomic E-state index is 0.433. The van der Waals surface area contributed by atoms with Crippen LogP contribution in [0, 0.1) is 13.8 Å². The van der Waals surface area contributed by atoms with Crippen LogP contribution in [0.4, 0.5) is 0 Å². The second kappa shape index (κ2) is 5.42. The summed E-state index contributed by atoms with van der Waals surface area (Å²) in [5.74, 6) is 1.58. The largest absolute Gasteiger partial charge is 0.457 e. The highest BCUT2D eigenvalue weighted by molar-refractivity contribution is 6.31. The van der Waals surface area contributed by atoms with Gasteiger partial charge >= 0.3 is 0 Å². The molecule has 2 aromatic rings. The maximum atomic E-state index is 6.11. The Hall–Kier alpha value is -1.51. The number of nitrogens with two attached hydrogens (primary N) is 1. The average Bonchev–Trinajstić information content (AvgIpc) is 2.35. The minimum absolute atomic E-state index is 0.433. The standard InChI is InChI=1S/C15H16ClNO/c1-10-4-3-5-15(11(10)2)18-13-7-6-12(9-17)14(16)8-13/h3-8H,9,17H2,1-2H3. The van der Waals surface area contributed by atoms with Crippen molar-refractivity contribution in [1.29, 1.82) is 0 Å². The molecular formula is C15H16ClNO. The van der Waals surface area contributed by atoms with Crippen molar-refractivity contribution >= 4 is 11.6 Å². The summed E-state index contributed by atoms with van der Waals surface area (Å²) < 4.78 is 5.85. The van der Waals surface area contributed by atoms with Gasteiger partial charge in [-0.05, 0) is 48.7 Å². The first-order valence-corrected chi connectivity index (χ1v) is 6.22. The van der Waals surface area contributed by atoms with Crippen LogP contribution in [0.25, 0.3) is 0 Å². The van der Waals surface area contributed by atoms with Crippen LogP contribution in [0.15, 0.2) is 36.4 Å². The van der Waals surface area contributed by atoms with Gasteiger partial charge in [-0.3, -0.25) is 0 Å². The highest BCUT2D eigenvalue weighted by Crippen LogP contribution is 2.29. The minimum Gasteiger partial charge on any atom is -0.457 e. The molecular weight excluding hydrogens is 246 g/mol. The van der Waals surface area contributed by atoms with E-state index in [0.717, 1.165) is 22.6 Å². The van der Waals surface area contributed by atoms with E-state index in [1.807, 2.05) is 31.2 Å². The molecule has 0 atom stereocenters. The van der Waals surface area contributed by atoms with Crippen molar-refractivity contribution in [2.24, 2.45) is 5.73 Å². The molecule has 0 amide bonds. The number of aryl methyl sites for hydroxylation is 1. The van der Waals surface area contributed by atoms with E-state index in [9.17, 15) is 0 Å². The summed E-state index contributed by atoms with van der Waals surface area (Å²) in [4.78, 5) is 0. The van der Waals surface area contributed by atoms with E-state index in [-0.39, 0.29) is 0 Å². The molecule has 3 heteroatoms. The van der Waals surface area contributed by atoms with Crippen LogP contribution in [-0.2, 0) is 6.54 Å². The molecule has 0 aliphatic rings. The van der Waals surface area contributed by atoms with E-state index in [0.29, 0.717) is 11.6 Å². The van der Waals surface area contributed by atoms with Crippen molar-refractivity contribution in [3.8, 4) is 11.5 Å². The second-order valence-electron chi connectivity index (χ2n) is 4.26. The predicted octanol–water partition coefficient (Wildman–Crippen LogP) is 4.21. The maximum absolute atomic E-state index is 6.11. The van der Waals surface area contributed by atoms with Crippen molar-refractivity contribution in [3.63, 3.8) is 0 Å². The molecule has 2 nitrogen and oxygen atoms in total. The van der Waals surface area contributed by atoms with Crippen LogP contribution in [0.5, 0.6) is 11.5 Å². The zero-order valence-corrected chi connectivity index (χ0v) is 11.3. The highest BCUT2D eigenvalue weighted by Gasteiger charge is 2.05. The number of hydrogen-bond donors (Lipinski definition) is 1. The van der Waals surface area contributed by atoms with E-state index in [4.69, 9.17) is 22.1 Å². The molecule has 94 valence electrons. The summed E-state index contributed by atoms with van der Waals surface area (Å²) in [5, 5.41) is 0.639. The molecule has 0 radical (unpaired) electrons. The normalized spacial score (nSPS) is 10.4. The molecule has 0 heterocycles. The van der Waals surface area contributed by atoms with E-state index in [1.54, 1.807) is 6.07 Å². The van der Waals surface area contributed by atoms with Crippen LogP contribution in [0.3, 0.4) is 0 Å². The Balaban J connectivity index is 2.29. The summed E-state index contributed by atoms with van der Waals surface area (Å²) in [6.07, 6.45) is 0. The van der Waals surface area contributed by atoms with Gasteiger partial charge in [-0.2, -0.15) is 0 Å². The van der Waals surface area contributed by atoms with Crippen LogP contribution < -0.4 is 10.5 Å². The lowest BCUT2D eigenvalue weighted by molar-refractivity contribution is 0.478. The molecule has 18 heavy (non-hydrogen) atoms. The lowest BCUT2D eigenvalue weighted by Gasteiger charge is -2.11. The van der Waals surface area contributed by atoms with Crippen molar-refractivity contribution in [2.45, 2.75) is 20.4 Å². The quantitative estimate of drug-likeness (QED) is 0.898. The van der Waals surface area contributed by atoms with Gasteiger partial charge in [-0.1, -0.05) is 29.8 Å². The van der Waals surface area contributed by atoms with Crippen LogP contribution in [0.1, 0.15) is 16.7 Å². The van der Waals surface area contributed by atoms with Gasteiger partial charge in [-0.25, -0.2) is 0 Å². The smallest absolute Gasteiger partial charge is 0.130 e. The summed E-state index contributed by atoms with van der Waals surface area (Å²) >= 11 is 6.11. The van der Waals surface area contributed by atoms with Gasteiger partial charge in [0.15, 0.2) is 0 Å². The van der Waals surface area contributed by atoms with E-state index in [2.05, 4.69) is 13.0 Å². The van der Waals surface area contributed by atoms with Crippen molar-refractivity contribution in [3.05, 3.63) is 58.1 Å². The number of hydrogen-bond acceptors (Lipinski definition) is 2. The van der Waals surface area contributed by atoms with E-state index >= 15 is 0 Å². The lowest BCUT2D eigenvalue weighted by Crippen LogP contribution is -1.97. The molecule has 0 saturated carbocycles. The molecule has 0 saturated heterocycles. The molecule has 2 aromatic carbocycles. The Kier molecular flexibility index (Phi) is 3.90. The van der Waals surface area contributed by atoms with Gasteiger partial charge in [0.25, 0.3) is 0 Å². The Morgan fingerprint density at radius 2 is 1.94 bits per heavy atom. The molecule has 0 fully saturated rings. The molecule has 0 spiro atoms. The zero-order valence-electron chi connectivity index (χ0n) is 10.5. The fraction of sp³-hybridized carbons (Fsp3) is 0.200. The van der Waals surface area contributed by atoms with Gasteiger partial charge < -0.3 is 10.5 Å². The average molecular weight is 262 g/mol. The van der Waals surface area contributed by atoms with Gasteiger partial charge in [0.1, 0.15) is 11.5 Å². The zero-order chi connectivity index (χ0) is 13.1. The molecule has 0 aromatic heterocycles. The van der Waals surface area contributed by atoms with Gasteiger partial charge in [-0.15, -0.1) is 0 Å². The van der Waals surface area contributed by atoms with Gasteiger partial charge in [0, 0.05) is 11.6 Å². The molecule has 0 unspecified atom stereocenters. The second-order valence-corrected chi connectivity index (χ2v) is 4.66. The molecule has 0 aliphatic heterocycles. The molecule has 0 bridgehead atoms. The highest BCUT2D eigenvalue weighted by atomic mass is 35.5. The SMILES string of the molecule is Cc1cccc(Oc2ccc(CN)c(Cl)c2)c1C. The number of ether oxygens (including phenoxy) is 1. The van der Waals surface area contributed by atoms with Crippen LogP contribution in [-0.4, -0.2) is 0 Å². The van der Waals surface area contributed by atoms with E-state index < -0.39 is 0 Å². The summed E-state index contributed by atoms with van der Waals surface area (Å²) in [5.41, 5.74) is 8.83. The number of rotatable bonds is 3. The first-order chi connectivity index (χ1) is 8.61. The van der Waals surface area contributed by atoms with Crippen LogP contribution in [0.2, 0.25) is 5.02 Å². The maximum Gasteiger partial charge on any atom is 0.130 e. The van der Waals surface area contributed by atoms with E-state index in [1.165, 1.54) is 5.56 Å². The third-order valence-electron chi connectivity index (χ3n) is 3.03. The number of halogens is 1. The third kappa shape index (κ3) is 2.66. The molecule has 2 rings (SSSR count). The van der Waals surface area contributed by atoms with Crippen molar-refractivity contribution in [1.82, 2.24) is 0 Å². The summed E-state index contributed by atoms with van der Waals surface area (Å²) in [7, 11) is 0. The first-order valence-electron chi connectivity index (χ1n) is 5.84. The fourth-order valence-electron chi connectivity index (χ4n) is 1.72. The first kappa shape index (κ1) is 12.9. The van der Waals surface area contributed by atoms with Gasteiger partial charge in [0.05, 0.1) is 0 Å². The summed E-state index contributed by atoms with van der Waals surface area (Å²) in [6, 6.07) is 11.6. The Morgan fingerprint density at radius 1 is 1.17 bits per heavy atom. The lowest BCUT2D eigenvalue weighted by atomic mass is 10.1. The Bertz CT molecular complexity index is 566. The Morgan fingerprint density at radius 3 is 2.61 bits per heavy atom. The fourth-order valence-corrected chi connectivity index (χ4v) is 1.97.